The highest BCUT2D eigenvalue weighted by atomic mass is 31.2. The molecule has 1 fully saturated rings. The zero-order valence-electron chi connectivity index (χ0n) is 38.1. The van der Waals surface area contributed by atoms with E-state index in [-0.39, 0.29) is 32.1 Å². The Labute approximate surface area is 384 Å². The fourth-order valence-electron chi connectivity index (χ4n) is 6.58. The zero-order valence-corrected chi connectivity index (χ0v) is 39.9. The normalized spacial score (nSPS) is 23.2. The summed E-state index contributed by atoms with van der Waals surface area (Å²) in [6.07, 6.45) is 17.7. The topological polar surface area (TPSA) is 296 Å². The first-order valence-corrected chi connectivity index (χ1v) is 26.0. The standard InChI is InChI=1S/C45H78O18P2/c1-3-5-7-9-11-13-15-17-19-21-23-25-27-31-39(49)61-35(34-60-65(57,58)63-45-42(52)40(50)41(51)44(43(45)53)62-64(54,55)56)33-59-38(48)32-28-30-37(47)36(46)29-26-24-22-20-18-16-14-12-10-8-6-4-2/h6,8,12-15,18,20,24,26,35-37,40-47,50-53H,3-5,7,9-11,16-17,19,21-23,25,27-34H2,1-2H3,(H,57,58)(H2,54,55,56)/b8-6-,14-12-,15-13-,20-18-,26-24-/t35-,36+,37+,40?,41?,42?,43?,44-,45+/m1/s1. The Morgan fingerprint density at radius 1 is 0.569 bits per heavy atom. The van der Waals surface area contributed by atoms with Crippen molar-refractivity contribution in [2.24, 2.45) is 0 Å². The Morgan fingerprint density at radius 2 is 1.09 bits per heavy atom. The first kappa shape index (κ1) is 60.6. The lowest BCUT2D eigenvalue weighted by Gasteiger charge is -2.43. The fourth-order valence-corrected chi connectivity index (χ4v) is 8.12. The third-order valence-electron chi connectivity index (χ3n) is 10.3. The van der Waals surface area contributed by atoms with E-state index in [1.54, 1.807) is 6.08 Å². The van der Waals surface area contributed by atoms with Crippen LogP contribution < -0.4 is 0 Å². The molecule has 0 radical (unpaired) electrons. The Morgan fingerprint density at radius 3 is 1.68 bits per heavy atom. The molecular formula is C45H78O18P2. The summed E-state index contributed by atoms with van der Waals surface area (Å²) in [7, 11) is -10.8. The van der Waals surface area contributed by atoms with Crippen LogP contribution in [0.5, 0.6) is 0 Å². The van der Waals surface area contributed by atoms with E-state index in [1.165, 1.54) is 25.7 Å². The molecule has 0 spiro atoms. The first-order valence-electron chi connectivity index (χ1n) is 23.0. The number of carbonyl (C=O) groups is 2. The van der Waals surface area contributed by atoms with Gasteiger partial charge in [0.1, 0.15) is 43.2 Å². The van der Waals surface area contributed by atoms with Crippen molar-refractivity contribution >= 4 is 27.6 Å². The van der Waals surface area contributed by atoms with Crippen LogP contribution in [0.4, 0.5) is 0 Å². The van der Waals surface area contributed by atoms with Crippen molar-refractivity contribution in [3.8, 4) is 0 Å². The van der Waals surface area contributed by atoms with Crippen LogP contribution in [-0.2, 0) is 41.8 Å². The third kappa shape index (κ3) is 29.9. The highest BCUT2D eigenvalue weighted by Crippen LogP contribution is 2.49. The lowest BCUT2D eigenvalue weighted by Crippen LogP contribution is -2.64. The zero-order chi connectivity index (χ0) is 48.5. The molecule has 5 unspecified atom stereocenters. The van der Waals surface area contributed by atoms with Crippen LogP contribution in [0, 0.1) is 0 Å². The molecule has 18 nitrogen and oxygen atoms in total. The molecule has 1 saturated carbocycles. The number of phosphoric acid groups is 2. The molecule has 376 valence electrons. The molecule has 0 amide bonds. The van der Waals surface area contributed by atoms with Crippen LogP contribution >= 0.6 is 15.6 Å². The second-order valence-electron chi connectivity index (χ2n) is 16.0. The summed E-state index contributed by atoms with van der Waals surface area (Å²) in [6, 6.07) is 0. The number of hydrogen-bond donors (Lipinski definition) is 9. The largest absolute Gasteiger partial charge is 0.472 e. The van der Waals surface area contributed by atoms with Crippen molar-refractivity contribution in [1.82, 2.24) is 0 Å². The number of carbonyl (C=O) groups excluding carboxylic acids is 2. The minimum atomic E-state index is -5.40. The molecule has 0 aliphatic heterocycles. The summed E-state index contributed by atoms with van der Waals surface area (Å²) in [5.41, 5.74) is 0. The minimum Gasteiger partial charge on any atom is -0.462 e. The van der Waals surface area contributed by atoms with Gasteiger partial charge in [-0.2, -0.15) is 0 Å². The Balaban J connectivity index is 2.72. The summed E-state index contributed by atoms with van der Waals surface area (Å²) in [6.45, 7) is 2.70. The van der Waals surface area contributed by atoms with Gasteiger partial charge < -0.3 is 54.8 Å². The van der Waals surface area contributed by atoms with Crippen LogP contribution in [0.2, 0.25) is 0 Å². The van der Waals surface area contributed by atoms with Gasteiger partial charge in [0.15, 0.2) is 6.10 Å². The van der Waals surface area contributed by atoms with Crippen molar-refractivity contribution < 1.29 is 87.1 Å². The average Bonchev–Trinajstić information content (AvgIpc) is 3.25. The molecule has 0 bridgehead atoms. The highest BCUT2D eigenvalue weighted by Gasteiger charge is 2.54. The molecular weight excluding hydrogens is 890 g/mol. The first-order chi connectivity index (χ1) is 30.9. The SMILES string of the molecule is CC/C=C\C/C=C\C/C=C\C/C=C\C[C@H](O)[C@@H](O)CCCC(=O)OC[C@H](COP(=O)(O)O[C@H]1C(O)C(O)C(O)[C@@H](OP(=O)(O)O)C1O)OC(=O)CCCCCCC/C=C\CCCCCC. The smallest absolute Gasteiger partial charge is 0.462 e. The van der Waals surface area contributed by atoms with Gasteiger partial charge in [0.05, 0.1) is 18.8 Å². The number of allylic oxidation sites excluding steroid dienone is 9. The Bertz CT molecular complexity index is 1530. The summed E-state index contributed by atoms with van der Waals surface area (Å²) < 4.78 is 49.1. The van der Waals surface area contributed by atoms with Gasteiger partial charge in [-0.15, -0.1) is 0 Å². The van der Waals surface area contributed by atoms with Crippen LogP contribution in [0.25, 0.3) is 0 Å². The van der Waals surface area contributed by atoms with E-state index in [0.29, 0.717) is 12.8 Å². The van der Waals surface area contributed by atoms with Crippen molar-refractivity contribution in [1.29, 1.82) is 0 Å². The molecule has 1 aliphatic rings. The van der Waals surface area contributed by atoms with Crippen LogP contribution in [0.15, 0.2) is 60.8 Å². The number of unbranched alkanes of at least 4 members (excludes halogenated alkanes) is 9. The molecule has 0 heterocycles. The van der Waals surface area contributed by atoms with Gasteiger partial charge in [0.2, 0.25) is 0 Å². The van der Waals surface area contributed by atoms with Gasteiger partial charge >= 0.3 is 27.6 Å². The lowest BCUT2D eigenvalue weighted by atomic mass is 9.85. The van der Waals surface area contributed by atoms with Gasteiger partial charge in [-0.3, -0.25) is 23.2 Å². The van der Waals surface area contributed by atoms with E-state index in [4.69, 9.17) is 28.3 Å². The van der Waals surface area contributed by atoms with Gasteiger partial charge in [-0.1, -0.05) is 113 Å². The quantitative estimate of drug-likeness (QED) is 0.0144. The maximum atomic E-state index is 13.0. The Hall–Kier alpha value is -2.38. The van der Waals surface area contributed by atoms with Gasteiger partial charge in [-0.05, 0) is 77.0 Å². The summed E-state index contributed by atoms with van der Waals surface area (Å²) in [4.78, 5) is 54.2. The highest BCUT2D eigenvalue weighted by molar-refractivity contribution is 7.47. The molecule has 65 heavy (non-hydrogen) atoms. The minimum absolute atomic E-state index is 0.0296. The summed E-state index contributed by atoms with van der Waals surface area (Å²) in [5, 5.41) is 62.0. The summed E-state index contributed by atoms with van der Waals surface area (Å²) in [5.74, 6) is -1.51. The Kier molecular flexibility index (Phi) is 33.3. The summed E-state index contributed by atoms with van der Waals surface area (Å²) >= 11 is 0. The number of phosphoric ester groups is 2. The maximum absolute atomic E-state index is 13.0. The van der Waals surface area contributed by atoms with Gasteiger partial charge in [-0.25, -0.2) is 9.13 Å². The van der Waals surface area contributed by atoms with Crippen LogP contribution in [-0.4, -0.2) is 125 Å². The number of aliphatic hydroxyl groups excluding tert-OH is 6. The third-order valence-corrected chi connectivity index (χ3v) is 11.8. The van der Waals surface area contributed by atoms with Crippen LogP contribution in [0.1, 0.15) is 142 Å². The number of rotatable bonds is 37. The lowest BCUT2D eigenvalue weighted by molar-refractivity contribution is -0.216. The van der Waals surface area contributed by atoms with E-state index in [2.05, 4.69) is 54.8 Å². The molecule has 9 N–H and O–H groups in total. The maximum Gasteiger partial charge on any atom is 0.472 e. The second-order valence-corrected chi connectivity index (χ2v) is 18.6. The number of aliphatic hydroxyl groups is 6. The number of ether oxygens (including phenoxy) is 2. The molecule has 20 heteroatoms. The van der Waals surface area contributed by atoms with E-state index in [9.17, 15) is 54.3 Å². The van der Waals surface area contributed by atoms with E-state index < -0.39 is 95.7 Å². The molecule has 0 saturated heterocycles. The molecule has 0 aromatic rings. The van der Waals surface area contributed by atoms with Gasteiger partial charge in [0, 0.05) is 12.8 Å². The number of hydrogen-bond acceptors (Lipinski definition) is 15. The van der Waals surface area contributed by atoms with Crippen molar-refractivity contribution in [3.05, 3.63) is 60.8 Å². The van der Waals surface area contributed by atoms with E-state index >= 15 is 0 Å². The number of esters is 2. The second kappa shape index (κ2) is 35.7. The molecule has 0 aromatic heterocycles. The monoisotopic (exact) mass is 968 g/mol. The van der Waals surface area contributed by atoms with Gasteiger partial charge in [0.25, 0.3) is 0 Å². The van der Waals surface area contributed by atoms with Crippen LogP contribution in [0.3, 0.4) is 0 Å². The molecule has 10 atom stereocenters. The van der Waals surface area contributed by atoms with Crippen molar-refractivity contribution in [3.63, 3.8) is 0 Å². The van der Waals surface area contributed by atoms with E-state index in [1.807, 2.05) is 18.2 Å². The molecule has 0 aromatic carbocycles. The van der Waals surface area contributed by atoms with E-state index in [0.717, 1.165) is 57.8 Å². The van der Waals surface area contributed by atoms with Crippen molar-refractivity contribution in [2.75, 3.05) is 13.2 Å². The van der Waals surface area contributed by atoms with Crippen molar-refractivity contribution in [2.45, 2.75) is 197 Å². The molecule has 1 aliphatic carbocycles. The molecule has 1 rings (SSSR count). The predicted molar refractivity (Wildman–Crippen MR) is 244 cm³/mol. The fraction of sp³-hybridized carbons (Fsp3) is 0.733. The predicted octanol–water partition coefficient (Wildman–Crippen LogP) is 6.22. The average molecular weight is 969 g/mol.